The van der Waals surface area contributed by atoms with Crippen molar-refractivity contribution in [2.24, 2.45) is 4.99 Å². The zero-order chi connectivity index (χ0) is 7.56. The molecule has 1 heterocycles. The fourth-order valence-electron chi connectivity index (χ4n) is 0.602. The van der Waals surface area contributed by atoms with Crippen molar-refractivity contribution in [3.8, 4) is 0 Å². The second-order valence-corrected chi connectivity index (χ2v) is 3.21. The third kappa shape index (κ3) is 1.64. The van der Waals surface area contributed by atoms with Gasteiger partial charge in [0.15, 0.2) is 5.17 Å². The molecule has 0 aromatic carbocycles. The lowest BCUT2D eigenvalue weighted by atomic mass is 10.8. The Hall–Kier alpha value is -0.220. The van der Waals surface area contributed by atoms with Crippen LogP contribution in [0.3, 0.4) is 0 Å². The number of halogens is 1. The molecule has 0 saturated carbocycles. The molecule has 1 aliphatic rings. The van der Waals surface area contributed by atoms with E-state index in [4.69, 9.17) is 11.6 Å². The summed E-state index contributed by atoms with van der Waals surface area (Å²) in [5.41, 5.74) is 0. The van der Waals surface area contributed by atoms with Gasteiger partial charge in [-0.1, -0.05) is 11.8 Å². The van der Waals surface area contributed by atoms with Crippen LogP contribution >= 0.6 is 23.4 Å². The standard InChI is InChI=1S/C5H7ClN2OS/c1-8(4(6)9)5-7-2-3-10-5/h2-3H2,1H3. The monoisotopic (exact) mass is 178 g/mol. The van der Waals surface area contributed by atoms with Gasteiger partial charge in [-0.25, -0.2) is 0 Å². The summed E-state index contributed by atoms with van der Waals surface area (Å²) < 4.78 is 0. The number of hydrogen-bond donors (Lipinski definition) is 0. The minimum Gasteiger partial charge on any atom is -0.281 e. The maximum absolute atomic E-state index is 10.5. The Bertz CT molecular complexity index is 182. The van der Waals surface area contributed by atoms with Crippen LogP contribution in [-0.4, -0.2) is 34.8 Å². The lowest BCUT2D eigenvalue weighted by Gasteiger charge is -2.10. The lowest BCUT2D eigenvalue weighted by molar-refractivity contribution is 0.248. The van der Waals surface area contributed by atoms with E-state index in [9.17, 15) is 4.79 Å². The van der Waals surface area contributed by atoms with E-state index in [2.05, 4.69) is 4.99 Å². The van der Waals surface area contributed by atoms with E-state index in [0.717, 1.165) is 17.5 Å². The highest BCUT2D eigenvalue weighted by molar-refractivity contribution is 8.14. The number of nitrogens with zero attached hydrogens (tertiary/aromatic N) is 2. The zero-order valence-electron chi connectivity index (χ0n) is 5.50. The maximum atomic E-state index is 10.5. The van der Waals surface area contributed by atoms with Gasteiger partial charge in [0.1, 0.15) is 0 Å². The molecule has 0 saturated heterocycles. The van der Waals surface area contributed by atoms with E-state index in [1.807, 2.05) is 0 Å². The SMILES string of the molecule is CN(C(=O)Cl)C1=NCCS1. The van der Waals surface area contributed by atoms with Crippen LogP contribution in [0.5, 0.6) is 0 Å². The summed E-state index contributed by atoms with van der Waals surface area (Å²) in [5, 5.41) is 0.244. The number of carbonyl (C=O) groups is 1. The van der Waals surface area contributed by atoms with E-state index in [1.54, 1.807) is 18.8 Å². The minimum absolute atomic E-state index is 0.479. The molecule has 56 valence electrons. The Morgan fingerprint density at radius 1 is 1.90 bits per heavy atom. The van der Waals surface area contributed by atoms with Gasteiger partial charge >= 0.3 is 5.37 Å². The first-order chi connectivity index (χ1) is 4.72. The van der Waals surface area contributed by atoms with Gasteiger partial charge in [0.05, 0.1) is 6.54 Å². The molecule has 10 heavy (non-hydrogen) atoms. The van der Waals surface area contributed by atoms with Crippen molar-refractivity contribution < 1.29 is 4.79 Å². The van der Waals surface area contributed by atoms with Gasteiger partial charge in [-0.2, -0.15) is 0 Å². The highest BCUT2D eigenvalue weighted by Crippen LogP contribution is 2.14. The first-order valence-electron chi connectivity index (χ1n) is 2.82. The van der Waals surface area contributed by atoms with E-state index < -0.39 is 5.37 Å². The molecule has 0 spiro atoms. The third-order valence-corrected chi connectivity index (χ3v) is 2.42. The summed E-state index contributed by atoms with van der Waals surface area (Å²) in [7, 11) is 1.62. The molecule has 0 unspecified atom stereocenters. The van der Waals surface area contributed by atoms with Crippen molar-refractivity contribution in [1.82, 2.24) is 4.90 Å². The van der Waals surface area contributed by atoms with Crippen molar-refractivity contribution in [2.75, 3.05) is 19.3 Å². The minimum atomic E-state index is -0.479. The number of amidine groups is 1. The van der Waals surface area contributed by atoms with Crippen molar-refractivity contribution in [3.05, 3.63) is 0 Å². The molecule has 0 N–H and O–H groups in total. The Morgan fingerprint density at radius 3 is 3.00 bits per heavy atom. The number of carbonyl (C=O) groups excluding carboxylic acids is 1. The van der Waals surface area contributed by atoms with Crippen LogP contribution in [0.2, 0.25) is 0 Å². The predicted octanol–water partition coefficient (Wildman–Crippen LogP) is 1.38. The fraction of sp³-hybridized carbons (Fsp3) is 0.600. The molecule has 5 heteroatoms. The van der Waals surface area contributed by atoms with Crippen LogP contribution in [-0.2, 0) is 0 Å². The number of aliphatic imine (C=N–C) groups is 1. The average Bonchev–Trinajstić information content (AvgIpc) is 2.36. The van der Waals surface area contributed by atoms with E-state index in [0.29, 0.717) is 0 Å². The van der Waals surface area contributed by atoms with Crippen molar-refractivity contribution in [3.63, 3.8) is 0 Å². The molecule has 0 fully saturated rings. The van der Waals surface area contributed by atoms with Crippen molar-refractivity contribution >= 4 is 33.9 Å². The summed E-state index contributed by atoms with van der Waals surface area (Å²) in [6.45, 7) is 0.786. The van der Waals surface area contributed by atoms with Gasteiger partial charge in [0.2, 0.25) is 0 Å². The van der Waals surface area contributed by atoms with Gasteiger partial charge in [-0.15, -0.1) is 0 Å². The summed E-state index contributed by atoms with van der Waals surface area (Å²) in [6.07, 6.45) is 0. The normalized spacial score (nSPS) is 16.8. The number of hydrogen-bond acceptors (Lipinski definition) is 3. The Labute approximate surface area is 68.4 Å². The van der Waals surface area contributed by atoms with Crippen LogP contribution in [0.1, 0.15) is 0 Å². The van der Waals surface area contributed by atoms with Crippen LogP contribution in [0.15, 0.2) is 4.99 Å². The van der Waals surface area contributed by atoms with Gasteiger partial charge in [-0.3, -0.25) is 14.7 Å². The first kappa shape index (κ1) is 7.88. The van der Waals surface area contributed by atoms with Crippen LogP contribution < -0.4 is 0 Å². The summed E-state index contributed by atoms with van der Waals surface area (Å²) in [4.78, 5) is 15.9. The molecule has 1 rings (SSSR count). The molecule has 0 radical (unpaired) electrons. The van der Waals surface area contributed by atoms with E-state index in [1.165, 1.54) is 4.90 Å². The molecular weight excluding hydrogens is 172 g/mol. The molecule has 3 nitrogen and oxygen atoms in total. The largest absolute Gasteiger partial charge is 0.322 e. The number of thioether (sulfide) groups is 1. The van der Waals surface area contributed by atoms with Crippen LogP contribution in [0.4, 0.5) is 4.79 Å². The van der Waals surface area contributed by atoms with E-state index >= 15 is 0 Å². The van der Waals surface area contributed by atoms with E-state index in [-0.39, 0.29) is 0 Å². The fourth-order valence-corrected chi connectivity index (χ4v) is 1.56. The number of amides is 1. The second-order valence-electron chi connectivity index (χ2n) is 1.82. The van der Waals surface area contributed by atoms with Gasteiger partial charge < -0.3 is 0 Å². The third-order valence-electron chi connectivity index (χ3n) is 1.12. The summed E-state index contributed by atoms with van der Waals surface area (Å²) in [6, 6.07) is 0. The molecule has 0 aromatic heterocycles. The molecule has 0 atom stereocenters. The van der Waals surface area contributed by atoms with Crippen molar-refractivity contribution in [2.45, 2.75) is 0 Å². The van der Waals surface area contributed by atoms with Gasteiger partial charge in [0, 0.05) is 12.8 Å². The quantitative estimate of drug-likeness (QED) is 0.415. The lowest BCUT2D eigenvalue weighted by Crippen LogP contribution is -2.25. The summed E-state index contributed by atoms with van der Waals surface area (Å²) in [5.74, 6) is 0.948. The van der Waals surface area contributed by atoms with Crippen LogP contribution in [0, 0.1) is 0 Å². The van der Waals surface area contributed by atoms with Gasteiger partial charge in [0.25, 0.3) is 0 Å². The zero-order valence-corrected chi connectivity index (χ0v) is 7.08. The smallest absolute Gasteiger partial charge is 0.281 e. The molecule has 0 bridgehead atoms. The maximum Gasteiger partial charge on any atom is 0.322 e. The number of rotatable bonds is 0. The second kappa shape index (κ2) is 3.25. The Kier molecular flexibility index (Phi) is 2.56. The topological polar surface area (TPSA) is 32.7 Å². The Morgan fingerprint density at radius 2 is 2.60 bits per heavy atom. The molecule has 1 amide bonds. The molecule has 0 aromatic rings. The van der Waals surface area contributed by atoms with Crippen LogP contribution in [0.25, 0.3) is 0 Å². The average molecular weight is 179 g/mol. The predicted molar refractivity (Wildman–Crippen MR) is 43.8 cm³/mol. The summed E-state index contributed by atoms with van der Waals surface area (Å²) >= 11 is 6.75. The Balaban J connectivity index is 2.55. The molecular formula is C5H7ClN2OS. The molecule has 0 aliphatic carbocycles. The molecule has 1 aliphatic heterocycles. The first-order valence-corrected chi connectivity index (χ1v) is 4.18. The highest BCUT2D eigenvalue weighted by Gasteiger charge is 2.15. The highest BCUT2D eigenvalue weighted by atomic mass is 35.5. The van der Waals surface area contributed by atoms with Crippen molar-refractivity contribution in [1.29, 1.82) is 0 Å². The van der Waals surface area contributed by atoms with Gasteiger partial charge in [-0.05, 0) is 11.6 Å².